The molecule has 0 unspecified atom stereocenters. The van der Waals surface area contributed by atoms with Crippen molar-refractivity contribution in [2.24, 2.45) is 5.73 Å². The smallest absolute Gasteiger partial charge is 0.257 e. The Kier molecular flexibility index (Phi) is 4.71. The zero-order chi connectivity index (χ0) is 18.0. The zero-order valence-electron chi connectivity index (χ0n) is 13.6. The number of likely N-dealkylation sites (tertiary alicyclic amines) is 1. The SMILES string of the molecule is CO[C@H]1C[C@@H](C(N)=O)N(C(=O)c2ccc(-c3cncnc3)cc2F)C1. The van der Waals surface area contributed by atoms with Crippen LogP contribution in [-0.2, 0) is 9.53 Å². The third-order valence-corrected chi connectivity index (χ3v) is 4.28. The number of aromatic nitrogens is 2. The van der Waals surface area contributed by atoms with Crippen molar-refractivity contribution in [3.63, 3.8) is 0 Å². The van der Waals surface area contributed by atoms with Gasteiger partial charge in [0.2, 0.25) is 5.91 Å². The molecule has 2 heterocycles. The van der Waals surface area contributed by atoms with E-state index in [0.717, 1.165) is 0 Å². The lowest BCUT2D eigenvalue weighted by Gasteiger charge is -2.22. The van der Waals surface area contributed by atoms with Crippen molar-refractivity contribution >= 4 is 11.8 Å². The molecule has 7 nitrogen and oxygen atoms in total. The molecule has 0 spiro atoms. The third kappa shape index (κ3) is 3.34. The molecule has 2 aromatic rings. The zero-order valence-corrected chi connectivity index (χ0v) is 13.6. The van der Waals surface area contributed by atoms with Crippen LogP contribution in [0.4, 0.5) is 4.39 Å². The number of hydrogen-bond acceptors (Lipinski definition) is 5. The van der Waals surface area contributed by atoms with E-state index >= 15 is 0 Å². The summed E-state index contributed by atoms with van der Waals surface area (Å²) in [4.78, 5) is 33.3. The molecule has 0 aliphatic carbocycles. The van der Waals surface area contributed by atoms with Gasteiger partial charge in [-0.15, -0.1) is 0 Å². The third-order valence-electron chi connectivity index (χ3n) is 4.28. The number of amides is 2. The van der Waals surface area contributed by atoms with Gasteiger partial charge in [-0.25, -0.2) is 14.4 Å². The fourth-order valence-electron chi connectivity index (χ4n) is 2.93. The summed E-state index contributed by atoms with van der Waals surface area (Å²) in [7, 11) is 1.49. The van der Waals surface area contributed by atoms with Crippen LogP contribution in [0.15, 0.2) is 36.9 Å². The molecular weight excluding hydrogens is 327 g/mol. The Morgan fingerprint density at radius 3 is 2.60 bits per heavy atom. The summed E-state index contributed by atoms with van der Waals surface area (Å²) in [5, 5.41) is 0. The monoisotopic (exact) mass is 344 g/mol. The van der Waals surface area contributed by atoms with Gasteiger partial charge in [0.05, 0.1) is 11.7 Å². The molecule has 25 heavy (non-hydrogen) atoms. The largest absolute Gasteiger partial charge is 0.380 e. The Morgan fingerprint density at radius 2 is 2.00 bits per heavy atom. The molecule has 1 saturated heterocycles. The summed E-state index contributed by atoms with van der Waals surface area (Å²) in [5.74, 6) is -1.90. The van der Waals surface area contributed by atoms with Crippen LogP contribution in [-0.4, -0.2) is 52.5 Å². The maximum absolute atomic E-state index is 14.5. The number of halogens is 1. The van der Waals surface area contributed by atoms with Crippen LogP contribution in [0.1, 0.15) is 16.8 Å². The van der Waals surface area contributed by atoms with Gasteiger partial charge < -0.3 is 15.4 Å². The van der Waals surface area contributed by atoms with Crippen LogP contribution in [0.2, 0.25) is 0 Å². The molecule has 1 aliphatic rings. The first-order valence-electron chi connectivity index (χ1n) is 7.69. The van der Waals surface area contributed by atoms with E-state index in [2.05, 4.69) is 9.97 Å². The summed E-state index contributed by atoms with van der Waals surface area (Å²) in [6, 6.07) is 3.44. The van der Waals surface area contributed by atoms with Crippen LogP contribution < -0.4 is 5.73 Å². The fourth-order valence-corrected chi connectivity index (χ4v) is 2.93. The van der Waals surface area contributed by atoms with Gasteiger partial charge in [0, 0.05) is 38.0 Å². The quantitative estimate of drug-likeness (QED) is 0.892. The Bertz CT molecular complexity index is 800. The number of nitrogens with two attached hydrogens (primary N) is 1. The first-order valence-corrected chi connectivity index (χ1v) is 7.69. The Balaban J connectivity index is 1.88. The van der Waals surface area contributed by atoms with Crippen molar-refractivity contribution in [3.8, 4) is 11.1 Å². The fraction of sp³-hybridized carbons (Fsp3) is 0.294. The van der Waals surface area contributed by atoms with Crippen LogP contribution in [0.5, 0.6) is 0 Å². The maximum Gasteiger partial charge on any atom is 0.257 e. The first kappa shape index (κ1) is 17.0. The minimum atomic E-state index is -0.806. The number of nitrogens with zero attached hydrogens (tertiary/aromatic N) is 3. The second-order valence-electron chi connectivity index (χ2n) is 5.79. The van der Waals surface area contributed by atoms with E-state index in [1.54, 1.807) is 18.5 Å². The number of carbonyl (C=O) groups excluding carboxylic acids is 2. The first-order chi connectivity index (χ1) is 12.0. The molecule has 2 amide bonds. The van der Waals surface area contributed by atoms with Crippen LogP contribution in [0, 0.1) is 5.82 Å². The second-order valence-corrected chi connectivity index (χ2v) is 5.79. The number of methoxy groups -OCH3 is 1. The molecule has 1 aromatic heterocycles. The van der Waals surface area contributed by atoms with Crippen LogP contribution in [0.25, 0.3) is 11.1 Å². The van der Waals surface area contributed by atoms with Crippen LogP contribution >= 0.6 is 0 Å². The standard InChI is InChI=1S/C17H17FN4O3/c1-25-12-5-15(16(19)23)22(8-12)17(24)13-3-2-10(4-14(13)18)11-6-20-9-21-7-11/h2-4,6-7,9,12,15H,5,8H2,1H3,(H2,19,23)/t12-,15-/m0/s1. The van der Waals surface area contributed by atoms with Crippen molar-refractivity contribution in [2.45, 2.75) is 18.6 Å². The van der Waals surface area contributed by atoms with Gasteiger partial charge in [-0.05, 0) is 17.7 Å². The topological polar surface area (TPSA) is 98.4 Å². The van der Waals surface area contributed by atoms with Crippen molar-refractivity contribution in [3.05, 3.63) is 48.3 Å². The predicted molar refractivity (Wildman–Crippen MR) is 86.9 cm³/mol. The Hall–Kier alpha value is -2.87. The molecule has 0 radical (unpaired) electrons. The van der Waals surface area contributed by atoms with Crippen molar-refractivity contribution in [1.82, 2.24) is 14.9 Å². The second kappa shape index (κ2) is 6.94. The van der Waals surface area contributed by atoms with E-state index < -0.39 is 23.7 Å². The molecule has 1 fully saturated rings. The van der Waals surface area contributed by atoms with Gasteiger partial charge in [-0.3, -0.25) is 9.59 Å². The van der Waals surface area contributed by atoms with Gasteiger partial charge in [0.25, 0.3) is 5.91 Å². The van der Waals surface area contributed by atoms with E-state index in [1.165, 1.54) is 30.5 Å². The minimum absolute atomic E-state index is 0.122. The molecule has 130 valence electrons. The highest BCUT2D eigenvalue weighted by Gasteiger charge is 2.39. The minimum Gasteiger partial charge on any atom is -0.380 e. The van der Waals surface area contributed by atoms with Gasteiger partial charge in [-0.1, -0.05) is 6.07 Å². The Morgan fingerprint density at radius 1 is 1.28 bits per heavy atom. The normalized spacial score (nSPS) is 19.8. The highest BCUT2D eigenvalue weighted by molar-refractivity contribution is 5.98. The van der Waals surface area contributed by atoms with Crippen LogP contribution in [0.3, 0.4) is 0 Å². The molecular formula is C17H17FN4O3. The summed E-state index contributed by atoms with van der Waals surface area (Å²) in [6.07, 6.45) is 4.48. The number of ether oxygens (including phenoxy) is 1. The summed E-state index contributed by atoms with van der Waals surface area (Å²) in [5.41, 5.74) is 6.43. The average molecular weight is 344 g/mol. The van der Waals surface area contributed by atoms with Gasteiger partial charge in [0.15, 0.2) is 0 Å². The number of benzene rings is 1. The molecule has 2 N–H and O–H groups in total. The number of rotatable bonds is 4. The van der Waals surface area contributed by atoms with E-state index in [9.17, 15) is 14.0 Å². The average Bonchev–Trinajstić information content (AvgIpc) is 3.06. The van der Waals surface area contributed by atoms with E-state index in [4.69, 9.17) is 10.5 Å². The summed E-state index contributed by atoms with van der Waals surface area (Å²) < 4.78 is 19.7. The summed E-state index contributed by atoms with van der Waals surface area (Å²) >= 11 is 0. The molecule has 3 rings (SSSR count). The van der Waals surface area contributed by atoms with E-state index in [0.29, 0.717) is 17.5 Å². The maximum atomic E-state index is 14.5. The van der Waals surface area contributed by atoms with Gasteiger partial charge in [-0.2, -0.15) is 0 Å². The molecule has 1 aliphatic heterocycles. The number of carbonyl (C=O) groups is 2. The van der Waals surface area contributed by atoms with Crippen molar-refractivity contribution in [2.75, 3.05) is 13.7 Å². The molecule has 2 atom stereocenters. The molecule has 0 bridgehead atoms. The van der Waals surface area contributed by atoms with Crippen molar-refractivity contribution in [1.29, 1.82) is 0 Å². The lowest BCUT2D eigenvalue weighted by Crippen LogP contribution is -2.44. The summed E-state index contributed by atoms with van der Waals surface area (Å²) in [6.45, 7) is 0.191. The highest BCUT2D eigenvalue weighted by Crippen LogP contribution is 2.25. The van der Waals surface area contributed by atoms with Gasteiger partial charge >= 0.3 is 0 Å². The van der Waals surface area contributed by atoms with E-state index in [1.807, 2.05) is 0 Å². The Labute approximate surface area is 143 Å². The highest BCUT2D eigenvalue weighted by atomic mass is 19.1. The predicted octanol–water partition coefficient (Wildman–Crippen LogP) is 0.997. The number of hydrogen-bond donors (Lipinski definition) is 1. The van der Waals surface area contributed by atoms with Gasteiger partial charge in [0.1, 0.15) is 18.2 Å². The lowest BCUT2D eigenvalue weighted by atomic mass is 10.0. The molecule has 8 heteroatoms. The molecule has 0 saturated carbocycles. The van der Waals surface area contributed by atoms with Crippen molar-refractivity contribution < 1.29 is 18.7 Å². The number of primary amides is 1. The van der Waals surface area contributed by atoms with E-state index in [-0.39, 0.29) is 18.2 Å². The molecule has 1 aromatic carbocycles. The lowest BCUT2D eigenvalue weighted by molar-refractivity contribution is -0.121.